The van der Waals surface area contributed by atoms with Gasteiger partial charge in [0.1, 0.15) is 5.82 Å². The highest BCUT2D eigenvalue weighted by molar-refractivity contribution is 14.1. The van der Waals surface area contributed by atoms with E-state index in [9.17, 15) is 0 Å². The fourth-order valence-corrected chi connectivity index (χ4v) is 2.02. The highest BCUT2D eigenvalue weighted by Gasteiger charge is 2.02. The maximum Gasteiger partial charge on any atom is 0.131 e. The Morgan fingerprint density at radius 2 is 2.06 bits per heavy atom. The van der Waals surface area contributed by atoms with E-state index in [2.05, 4.69) is 39.0 Å². The Kier molecular flexibility index (Phi) is 3.59. The molecule has 2 aromatic rings. The Hall–Kier alpha value is -1.61. The molecule has 84 valence electrons. The zero-order chi connectivity index (χ0) is 12.3. The summed E-state index contributed by atoms with van der Waals surface area (Å²) in [4.78, 5) is 4.35. The van der Waals surface area contributed by atoms with E-state index >= 15 is 0 Å². The lowest BCUT2D eigenvalue weighted by Gasteiger charge is -2.08. The van der Waals surface area contributed by atoms with E-state index in [0.717, 1.165) is 15.0 Å². The molecular weight excluding hydrogens is 325 g/mol. The number of anilines is 2. The van der Waals surface area contributed by atoms with Gasteiger partial charge in [-0.05, 0) is 53.8 Å². The molecule has 0 saturated carbocycles. The van der Waals surface area contributed by atoms with Crippen molar-refractivity contribution >= 4 is 34.1 Å². The van der Waals surface area contributed by atoms with Crippen molar-refractivity contribution in [3.8, 4) is 6.07 Å². The molecular formula is C13H10IN3. The minimum atomic E-state index is 0.617. The number of benzene rings is 1. The van der Waals surface area contributed by atoms with Crippen molar-refractivity contribution in [2.45, 2.75) is 6.92 Å². The van der Waals surface area contributed by atoms with Gasteiger partial charge in [0.2, 0.25) is 0 Å². The Labute approximate surface area is 114 Å². The SMILES string of the molecule is Cc1cc(C#N)cc(Nc2ccccc2I)n1. The number of nitrogens with one attached hydrogen (secondary N) is 1. The monoisotopic (exact) mass is 335 g/mol. The lowest BCUT2D eigenvalue weighted by molar-refractivity contribution is 1.19. The lowest BCUT2D eigenvalue weighted by Crippen LogP contribution is -1.97. The Bertz CT molecular complexity index is 587. The number of pyridine rings is 1. The van der Waals surface area contributed by atoms with Crippen LogP contribution in [0.4, 0.5) is 11.5 Å². The van der Waals surface area contributed by atoms with Gasteiger partial charge in [0.15, 0.2) is 0 Å². The van der Waals surface area contributed by atoms with E-state index in [1.165, 1.54) is 0 Å². The van der Waals surface area contributed by atoms with Crippen LogP contribution in [-0.4, -0.2) is 4.98 Å². The molecule has 0 atom stereocenters. The van der Waals surface area contributed by atoms with Gasteiger partial charge in [0, 0.05) is 9.26 Å². The van der Waals surface area contributed by atoms with E-state index in [-0.39, 0.29) is 0 Å². The minimum Gasteiger partial charge on any atom is -0.339 e. The van der Waals surface area contributed by atoms with Gasteiger partial charge >= 0.3 is 0 Å². The second-order valence-electron chi connectivity index (χ2n) is 3.60. The van der Waals surface area contributed by atoms with Crippen LogP contribution in [0.15, 0.2) is 36.4 Å². The first-order valence-corrected chi connectivity index (χ1v) is 6.17. The molecule has 0 saturated heterocycles. The molecule has 3 nitrogen and oxygen atoms in total. The third-order valence-corrected chi connectivity index (χ3v) is 3.16. The largest absolute Gasteiger partial charge is 0.339 e. The van der Waals surface area contributed by atoms with Crippen molar-refractivity contribution in [1.82, 2.24) is 4.98 Å². The van der Waals surface area contributed by atoms with Gasteiger partial charge in [-0.3, -0.25) is 0 Å². The van der Waals surface area contributed by atoms with E-state index in [1.807, 2.05) is 31.2 Å². The van der Waals surface area contributed by atoms with E-state index < -0.39 is 0 Å². The molecule has 0 aliphatic heterocycles. The molecule has 1 aromatic heterocycles. The number of halogens is 1. The van der Waals surface area contributed by atoms with Crippen molar-refractivity contribution in [1.29, 1.82) is 5.26 Å². The molecule has 0 bridgehead atoms. The minimum absolute atomic E-state index is 0.617. The third-order valence-electron chi connectivity index (χ3n) is 2.22. The standard InChI is InChI=1S/C13H10IN3/c1-9-6-10(8-15)7-13(16-9)17-12-5-3-2-4-11(12)14/h2-7H,1H3,(H,16,17). The maximum absolute atomic E-state index is 8.90. The summed E-state index contributed by atoms with van der Waals surface area (Å²) in [6.45, 7) is 1.88. The van der Waals surface area contributed by atoms with Gasteiger partial charge in [0.05, 0.1) is 17.3 Å². The van der Waals surface area contributed by atoms with E-state index in [4.69, 9.17) is 5.26 Å². The van der Waals surface area contributed by atoms with Crippen molar-refractivity contribution < 1.29 is 0 Å². The fourth-order valence-electron chi connectivity index (χ4n) is 1.50. The van der Waals surface area contributed by atoms with Gasteiger partial charge in [-0.2, -0.15) is 5.26 Å². The van der Waals surface area contributed by atoms with Crippen LogP contribution in [0.2, 0.25) is 0 Å². The van der Waals surface area contributed by atoms with Crippen LogP contribution in [-0.2, 0) is 0 Å². The summed E-state index contributed by atoms with van der Waals surface area (Å²) in [5.74, 6) is 0.700. The predicted octanol–water partition coefficient (Wildman–Crippen LogP) is 3.61. The summed E-state index contributed by atoms with van der Waals surface area (Å²) < 4.78 is 1.12. The number of hydrogen-bond acceptors (Lipinski definition) is 3. The maximum atomic E-state index is 8.90. The quantitative estimate of drug-likeness (QED) is 0.853. The van der Waals surface area contributed by atoms with Crippen molar-refractivity contribution in [2.24, 2.45) is 0 Å². The molecule has 0 amide bonds. The van der Waals surface area contributed by atoms with Gasteiger partial charge in [0.25, 0.3) is 0 Å². The van der Waals surface area contributed by atoms with Crippen molar-refractivity contribution in [3.05, 3.63) is 51.2 Å². The highest BCUT2D eigenvalue weighted by Crippen LogP contribution is 2.21. The smallest absolute Gasteiger partial charge is 0.131 e. The molecule has 0 aliphatic carbocycles. The fraction of sp³-hybridized carbons (Fsp3) is 0.0769. The van der Waals surface area contributed by atoms with Crippen LogP contribution >= 0.6 is 22.6 Å². The zero-order valence-corrected chi connectivity index (χ0v) is 11.4. The molecule has 0 unspecified atom stereocenters. The highest BCUT2D eigenvalue weighted by atomic mass is 127. The van der Waals surface area contributed by atoms with Crippen LogP contribution in [0, 0.1) is 21.8 Å². The van der Waals surface area contributed by atoms with Crippen LogP contribution in [0.25, 0.3) is 0 Å². The van der Waals surface area contributed by atoms with E-state index in [0.29, 0.717) is 11.4 Å². The number of nitrogens with zero attached hydrogens (tertiary/aromatic N) is 2. The van der Waals surface area contributed by atoms with Crippen molar-refractivity contribution in [3.63, 3.8) is 0 Å². The first-order valence-electron chi connectivity index (χ1n) is 5.09. The number of hydrogen-bond donors (Lipinski definition) is 1. The molecule has 0 aliphatic rings. The average Bonchev–Trinajstić information content (AvgIpc) is 2.31. The molecule has 0 radical (unpaired) electrons. The topological polar surface area (TPSA) is 48.7 Å². The van der Waals surface area contributed by atoms with Crippen LogP contribution in [0.3, 0.4) is 0 Å². The van der Waals surface area contributed by atoms with Gasteiger partial charge < -0.3 is 5.32 Å². The predicted molar refractivity (Wildman–Crippen MR) is 76.1 cm³/mol. The molecule has 4 heteroatoms. The molecule has 1 heterocycles. The molecule has 1 N–H and O–H groups in total. The van der Waals surface area contributed by atoms with Crippen molar-refractivity contribution in [2.75, 3.05) is 5.32 Å². The number of aryl methyl sites for hydroxylation is 1. The van der Waals surface area contributed by atoms with E-state index in [1.54, 1.807) is 12.1 Å². The number of nitriles is 1. The molecule has 17 heavy (non-hydrogen) atoms. The first kappa shape index (κ1) is 11.9. The average molecular weight is 335 g/mol. The molecule has 0 spiro atoms. The summed E-state index contributed by atoms with van der Waals surface area (Å²) in [5, 5.41) is 12.1. The van der Waals surface area contributed by atoms with Crippen LogP contribution in [0.1, 0.15) is 11.3 Å². The second-order valence-corrected chi connectivity index (χ2v) is 4.76. The third kappa shape index (κ3) is 2.94. The normalized spacial score (nSPS) is 9.71. The molecule has 1 aromatic carbocycles. The van der Waals surface area contributed by atoms with Gasteiger partial charge in [-0.1, -0.05) is 12.1 Å². The Balaban J connectivity index is 2.34. The Morgan fingerprint density at radius 3 is 2.76 bits per heavy atom. The summed E-state index contributed by atoms with van der Waals surface area (Å²) in [6, 6.07) is 13.6. The molecule has 2 rings (SSSR count). The van der Waals surface area contributed by atoms with Crippen LogP contribution < -0.4 is 5.32 Å². The summed E-state index contributed by atoms with van der Waals surface area (Å²) >= 11 is 2.26. The lowest BCUT2D eigenvalue weighted by atomic mass is 10.2. The number of rotatable bonds is 2. The second kappa shape index (κ2) is 5.15. The first-order chi connectivity index (χ1) is 8.19. The number of aromatic nitrogens is 1. The summed E-state index contributed by atoms with van der Waals surface area (Å²) in [5.41, 5.74) is 2.44. The van der Waals surface area contributed by atoms with Gasteiger partial charge in [-0.25, -0.2) is 4.98 Å². The summed E-state index contributed by atoms with van der Waals surface area (Å²) in [6.07, 6.45) is 0. The Morgan fingerprint density at radius 1 is 1.29 bits per heavy atom. The summed E-state index contributed by atoms with van der Waals surface area (Å²) in [7, 11) is 0. The number of para-hydroxylation sites is 1. The van der Waals surface area contributed by atoms with Crippen LogP contribution in [0.5, 0.6) is 0 Å². The van der Waals surface area contributed by atoms with Gasteiger partial charge in [-0.15, -0.1) is 0 Å². The molecule has 0 fully saturated rings. The zero-order valence-electron chi connectivity index (χ0n) is 9.24.